The van der Waals surface area contributed by atoms with E-state index in [1.54, 1.807) is 11.4 Å². The van der Waals surface area contributed by atoms with Crippen LogP contribution < -0.4 is 10.2 Å². The van der Waals surface area contributed by atoms with Crippen LogP contribution in [0.25, 0.3) is 0 Å². The second-order valence-electron chi connectivity index (χ2n) is 6.43. The van der Waals surface area contributed by atoms with E-state index >= 15 is 0 Å². The lowest BCUT2D eigenvalue weighted by molar-refractivity contribution is -0.385. The Labute approximate surface area is 160 Å². The molecule has 2 aromatic rings. The normalized spacial score (nSPS) is 15.5. The Balaban J connectivity index is 1.72. The first-order valence-electron chi connectivity index (χ1n) is 8.32. The van der Waals surface area contributed by atoms with E-state index in [-0.39, 0.29) is 22.5 Å². The minimum Gasteiger partial charge on any atom is -0.370 e. The molecule has 1 aromatic heterocycles. The van der Waals surface area contributed by atoms with Crippen molar-refractivity contribution in [2.75, 3.05) is 24.2 Å². The summed E-state index contributed by atoms with van der Waals surface area (Å²) in [4.78, 5) is 24.4. The van der Waals surface area contributed by atoms with Gasteiger partial charge in [0.1, 0.15) is 0 Å². The number of carbonyl (C=O) groups excluding carboxylic acids is 1. The van der Waals surface area contributed by atoms with Crippen LogP contribution in [-0.2, 0) is 9.84 Å². The van der Waals surface area contributed by atoms with Crippen molar-refractivity contribution in [3.8, 4) is 0 Å². The fourth-order valence-corrected chi connectivity index (χ4v) is 4.65. The van der Waals surface area contributed by atoms with Crippen LogP contribution in [0.3, 0.4) is 0 Å². The van der Waals surface area contributed by atoms with Crippen molar-refractivity contribution in [1.82, 2.24) is 5.32 Å². The summed E-state index contributed by atoms with van der Waals surface area (Å²) in [5.41, 5.74) is 0.847. The molecule has 3 rings (SSSR count). The summed E-state index contributed by atoms with van der Waals surface area (Å²) < 4.78 is 24.2. The molecule has 0 spiro atoms. The van der Waals surface area contributed by atoms with E-state index in [4.69, 9.17) is 0 Å². The third-order valence-electron chi connectivity index (χ3n) is 4.51. The van der Waals surface area contributed by atoms with E-state index in [9.17, 15) is 23.3 Å². The number of nitro groups is 1. The van der Waals surface area contributed by atoms with Crippen molar-refractivity contribution in [3.05, 3.63) is 50.7 Å². The van der Waals surface area contributed by atoms with Crippen LogP contribution >= 0.6 is 11.3 Å². The third-order valence-corrected chi connectivity index (χ3v) is 6.32. The van der Waals surface area contributed by atoms with E-state index in [0.717, 1.165) is 12.3 Å². The third kappa shape index (κ3) is 4.45. The second-order valence-corrected chi connectivity index (χ2v) is 9.19. The maximum absolute atomic E-state index is 12.2. The number of benzene rings is 1. The van der Waals surface area contributed by atoms with Gasteiger partial charge in [0.05, 0.1) is 15.5 Å². The summed E-state index contributed by atoms with van der Waals surface area (Å²) in [5.74, 6) is -0.109. The maximum Gasteiger partial charge on any atom is 0.270 e. The highest BCUT2D eigenvalue weighted by molar-refractivity contribution is 7.90. The van der Waals surface area contributed by atoms with E-state index in [0.29, 0.717) is 37.2 Å². The van der Waals surface area contributed by atoms with Crippen LogP contribution in [0.15, 0.2) is 39.9 Å². The Morgan fingerprint density at radius 1 is 1.30 bits per heavy atom. The van der Waals surface area contributed by atoms with Crippen molar-refractivity contribution < 1.29 is 18.1 Å². The molecule has 1 saturated heterocycles. The molecule has 1 aromatic carbocycles. The molecule has 1 amide bonds. The van der Waals surface area contributed by atoms with Gasteiger partial charge < -0.3 is 10.2 Å². The van der Waals surface area contributed by atoms with Crippen molar-refractivity contribution in [1.29, 1.82) is 0 Å². The summed E-state index contributed by atoms with van der Waals surface area (Å²) in [6.07, 6.45) is 2.37. The number of piperidine rings is 1. The van der Waals surface area contributed by atoms with Gasteiger partial charge in [-0.3, -0.25) is 14.9 Å². The number of amides is 1. The number of carbonyl (C=O) groups is 1. The number of nitrogens with one attached hydrogen (secondary N) is 1. The summed E-state index contributed by atoms with van der Waals surface area (Å²) in [6.45, 7) is 1.10. The van der Waals surface area contributed by atoms with E-state index in [2.05, 4.69) is 5.32 Å². The van der Waals surface area contributed by atoms with Gasteiger partial charge in [0.25, 0.3) is 11.6 Å². The summed E-state index contributed by atoms with van der Waals surface area (Å²) in [7, 11) is -3.62. The topological polar surface area (TPSA) is 110 Å². The second kappa shape index (κ2) is 7.65. The molecule has 1 fully saturated rings. The molecule has 0 aliphatic carbocycles. The molecule has 8 nitrogen and oxygen atoms in total. The highest BCUT2D eigenvalue weighted by Crippen LogP contribution is 2.31. The molecule has 1 aliphatic rings. The quantitative estimate of drug-likeness (QED) is 0.600. The number of hydrogen-bond acceptors (Lipinski definition) is 7. The Morgan fingerprint density at radius 2 is 2.00 bits per heavy atom. The minimum atomic E-state index is -3.62. The highest BCUT2D eigenvalue weighted by Gasteiger charge is 2.26. The predicted molar refractivity (Wildman–Crippen MR) is 103 cm³/mol. The van der Waals surface area contributed by atoms with Gasteiger partial charge in [-0.1, -0.05) is 0 Å². The SMILES string of the molecule is CS(=O)(=O)c1cc([N+](=O)[O-])ccc1N1CCC(NC(=O)c2ccsc2)CC1. The fraction of sp³-hybridized carbons (Fsp3) is 0.353. The molecule has 0 unspecified atom stereocenters. The number of hydrogen-bond donors (Lipinski definition) is 1. The van der Waals surface area contributed by atoms with Gasteiger partial charge in [-0.25, -0.2) is 8.42 Å². The lowest BCUT2D eigenvalue weighted by Gasteiger charge is -2.34. The molecule has 1 N–H and O–H groups in total. The van der Waals surface area contributed by atoms with Crippen LogP contribution in [0.5, 0.6) is 0 Å². The largest absolute Gasteiger partial charge is 0.370 e. The number of thiophene rings is 1. The first-order valence-corrected chi connectivity index (χ1v) is 11.2. The number of anilines is 1. The zero-order chi connectivity index (χ0) is 19.6. The van der Waals surface area contributed by atoms with Gasteiger partial charge >= 0.3 is 0 Å². The van der Waals surface area contributed by atoms with Crippen molar-refractivity contribution in [3.63, 3.8) is 0 Å². The molecule has 0 saturated carbocycles. The van der Waals surface area contributed by atoms with E-state index in [1.165, 1.54) is 23.5 Å². The minimum absolute atomic E-state index is 0.00776. The Kier molecular flexibility index (Phi) is 5.47. The van der Waals surface area contributed by atoms with Crippen LogP contribution in [-0.4, -0.2) is 44.6 Å². The smallest absolute Gasteiger partial charge is 0.270 e. The van der Waals surface area contributed by atoms with Gasteiger partial charge in [-0.15, -0.1) is 0 Å². The fourth-order valence-electron chi connectivity index (χ4n) is 3.10. The van der Waals surface area contributed by atoms with Crippen LogP contribution in [0, 0.1) is 10.1 Å². The Hall–Kier alpha value is -2.46. The number of nitrogens with zero attached hydrogens (tertiary/aromatic N) is 2. The zero-order valence-electron chi connectivity index (χ0n) is 14.6. The van der Waals surface area contributed by atoms with Gasteiger partial charge in [0.15, 0.2) is 9.84 Å². The van der Waals surface area contributed by atoms with Gasteiger partial charge in [0, 0.05) is 48.5 Å². The lowest BCUT2D eigenvalue weighted by atomic mass is 10.0. The standard InChI is InChI=1S/C17H19N3O5S2/c1-27(24,25)16-10-14(20(22)23)2-3-15(16)19-7-4-13(5-8-19)18-17(21)12-6-9-26-11-12/h2-3,6,9-11,13H,4-5,7-8H2,1H3,(H,18,21). The zero-order valence-corrected chi connectivity index (χ0v) is 16.3. The average molecular weight is 409 g/mol. The average Bonchev–Trinajstić information content (AvgIpc) is 3.16. The Morgan fingerprint density at radius 3 is 2.56 bits per heavy atom. The molecular weight excluding hydrogens is 390 g/mol. The van der Waals surface area contributed by atoms with Crippen molar-refractivity contribution in [2.24, 2.45) is 0 Å². The number of nitro benzene ring substituents is 1. The van der Waals surface area contributed by atoms with Gasteiger partial charge in [-0.2, -0.15) is 11.3 Å². The molecular formula is C17H19N3O5S2. The molecule has 27 heavy (non-hydrogen) atoms. The highest BCUT2D eigenvalue weighted by atomic mass is 32.2. The number of rotatable bonds is 5. The van der Waals surface area contributed by atoms with E-state index < -0.39 is 14.8 Å². The lowest BCUT2D eigenvalue weighted by Crippen LogP contribution is -2.45. The Bertz CT molecular complexity index is 949. The van der Waals surface area contributed by atoms with Crippen LogP contribution in [0.4, 0.5) is 11.4 Å². The molecule has 144 valence electrons. The molecule has 0 atom stereocenters. The molecule has 0 bridgehead atoms. The van der Waals surface area contributed by atoms with Gasteiger partial charge in [-0.05, 0) is 30.4 Å². The van der Waals surface area contributed by atoms with E-state index in [1.807, 2.05) is 10.3 Å². The first kappa shape index (κ1) is 19.3. The number of non-ortho nitro benzene ring substituents is 1. The van der Waals surface area contributed by atoms with Crippen molar-refractivity contribution >= 4 is 38.5 Å². The first-order chi connectivity index (χ1) is 12.8. The monoisotopic (exact) mass is 409 g/mol. The molecule has 2 heterocycles. The maximum atomic E-state index is 12.2. The predicted octanol–water partition coefficient (Wildman–Crippen LogP) is 2.46. The van der Waals surface area contributed by atoms with Crippen LogP contribution in [0.1, 0.15) is 23.2 Å². The molecule has 10 heteroatoms. The summed E-state index contributed by atoms with van der Waals surface area (Å²) in [5, 5.41) is 17.6. The van der Waals surface area contributed by atoms with Crippen molar-refractivity contribution in [2.45, 2.75) is 23.8 Å². The van der Waals surface area contributed by atoms with Crippen LogP contribution in [0.2, 0.25) is 0 Å². The molecule has 1 aliphatic heterocycles. The number of sulfone groups is 1. The molecule has 0 radical (unpaired) electrons. The summed E-state index contributed by atoms with van der Waals surface area (Å²) >= 11 is 1.46. The summed E-state index contributed by atoms with van der Waals surface area (Å²) in [6, 6.07) is 5.68. The van der Waals surface area contributed by atoms with Gasteiger partial charge in [0.2, 0.25) is 0 Å².